The first kappa shape index (κ1) is 13.1. The van der Waals surface area contributed by atoms with Crippen LogP contribution < -0.4 is 0 Å². The van der Waals surface area contributed by atoms with E-state index < -0.39 is 0 Å². The second kappa shape index (κ2) is 5.63. The number of nitrogens with zero attached hydrogens (tertiary/aromatic N) is 3. The number of H-pyrrole nitrogens is 1. The summed E-state index contributed by atoms with van der Waals surface area (Å²) in [4.78, 5) is 4.84. The van der Waals surface area contributed by atoms with E-state index in [2.05, 4.69) is 40.2 Å². The number of rotatable bonds is 2. The van der Waals surface area contributed by atoms with Crippen molar-refractivity contribution in [3.05, 3.63) is 17.5 Å². The van der Waals surface area contributed by atoms with Crippen molar-refractivity contribution < 1.29 is 0 Å². The Labute approximate surface area is 116 Å². The molecule has 1 aromatic rings. The monoisotopic (exact) mass is 262 g/mol. The topological polar surface area (TPSA) is 35.2 Å². The van der Waals surface area contributed by atoms with Gasteiger partial charge in [-0.05, 0) is 72.0 Å². The molecule has 1 aromatic heterocycles. The second-order valence-electron chi connectivity index (χ2n) is 6.40. The van der Waals surface area contributed by atoms with Gasteiger partial charge in [0.05, 0.1) is 5.69 Å². The van der Waals surface area contributed by atoms with E-state index in [1.165, 1.54) is 63.3 Å². The molecule has 2 fully saturated rings. The molecule has 0 saturated carbocycles. The quantitative estimate of drug-likeness (QED) is 0.886. The van der Waals surface area contributed by atoms with Crippen LogP contribution in [0, 0.1) is 0 Å². The van der Waals surface area contributed by atoms with Crippen LogP contribution in [0.1, 0.15) is 48.9 Å². The zero-order chi connectivity index (χ0) is 13.2. The van der Waals surface area contributed by atoms with Crippen molar-refractivity contribution >= 4 is 0 Å². The van der Waals surface area contributed by atoms with Gasteiger partial charge in [-0.25, -0.2) is 0 Å². The first-order valence-electron chi connectivity index (χ1n) is 7.64. The smallest absolute Gasteiger partial charge is 0.0656 e. The van der Waals surface area contributed by atoms with E-state index in [0.29, 0.717) is 11.8 Å². The largest absolute Gasteiger partial charge is 0.306 e. The summed E-state index contributed by atoms with van der Waals surface area (Å²) >= 11 is 0. The lowest BCUT2D eigenvalue weighted by Crippen LogP contribution is -2.29. The molecule has 0 radical (unpaired) electrons. The van der Waals surface area contributed by atoms with Gasteiger partial charge in [0.25, 0.3) is 0 Å². The van der Waals surface area contributed by atoms with Gasteiger partial charge in [0.15, 0.2) is 0 Å². The van der Waals surface area contributed by atoms with E-state index in [-0.39, 0.29) is 0 Å². The van der Waals surface area contributed by atoms with Crippen molar-refractivity contribution in [2.45, 2.75) is 37.5 Å². The molecular formula is C15H26N4. The van der Waals surface area contributed by atoms with Gasteiger partial charge in [-0.2, -0.15) is 5.10 Å². The summed E-state index contributed by atoms with van der Waals surface area (Å²) in [5.74, 6) is 1.37. The molecule has 0 bridgehead atoms. The average molecular weight is 262 g/mol. The Balaban J connectivity index is 1.63. The average Bonchev–Trinajstić information content (AvgIpc) is 2.90. The van der Waals surface area contributed by atoms with E-state index in [1.807, 2.05) is 0 Å². The molecule has 2 saturated heterocycles. The summed E-state index contributed by atoms with van der Waals surface area (Å²) in [5.41, 5.74) is 2.68. The molecular weight excluding hydrogens is 236 g/mol. The molecule has 0 spiro atoms. The Morgan fingerprint density at radius 3 is 2.05 bits per heavy atom. The van der Waals surface area contributed by atoms with E-state index in [1.54, 1.807) is 0 Å². The fourth-order valence-electron chi connectivity index (χ4n) is 3.40. The van der Waals surface area contributed by atoms with Gasteiger partial charge in [0.1, 0.15) is 0 Å². The zero-order valence-electron chi connectivity index (χ0n) is 12.2. The fourth-order valence-corrected chi connectivity index (χ4v) is 3.40. The fraction of sp³-hybridized carbons (Fsp3) is 0.800. The van der Waals surface area contributed by atoms with Crippen LogP contribution in [0.3, 0.4) is 0 Å². The highest BCUT2D eigenvalue weighted by Gasteiger charge is 2.24. The van der Waals surface area contributed by atoms with E-state index in [0.717, 1.165) is 0 Å². The maximum atomic E-state index is 4.60. The van der Waals surface area contributed by atoms with Crippen LogP contribution in [0.25, 0.3) is 0 Å². The molecule has 19 heavy (non-hydrogen) atoms. The molecule has 0 aromatic carbocycles. The summed E-state index contributed by atoms with van der Waals surface area (Å²) in [6.45, 7) is 4.85. The van der Waals surface area contributed by atoms with Crippen LogP contribution in [0.2, 0.25) is 0 Å². The lowest BCUT2D eigenvalue weighted by atomic mass is 9.90. The number of aromatic nitrogens is 2. The van der Waals surface area contributed by atoms with E-state index in [9.17, 15) is 0 Å². The van der Waals surface area contributed by atoms with Crippen molar-refractivity contribution in [3.63, 3.8) is 0 Å². The van der Waals surface area contributed by atoms with Crippen LogP contribution in [0.15, 0.2) is 6.07 Å². The van der Waals surface area contributed by atoms with Gasteiger partial charge < -0.3 is 9.80 Å². The minimum absolute atomic E-state index is 0.674. The Hall–Kier alpha value is -0.870. The third-order valence-corrected chi connectivity index (χ3v) is 4.91. The van der Waals surface area contributed by atoms with Crippen molar-refractivity contribution in [1.29, 1.82) is 0 Å². The first-order chi connectivity index (χ1) is 9.22. The number of hydrogen-bond donors (Lipinski definition) is 1. The highest BCUT2D eigenvalue weighted by atomic mass is 15.1. The van der Waals surface area contributed by atoms with E-state index in [4.69, 9.17) is 0 Å². The summed E-state index contributed by atoms with van der Waals surface area (Å²) in [5, 5.41) is 7.92. The number of piperidine rings is 2. The molecule has 1 N–H and O–H groups in total. The lowest BCUT2D eigenvalue weighted by Gasteiger charge is -2.28. The van der Waals surface area contributed by atoms with Crippen molar-refractivity contribution in [2.75, 3.05) is 40.3 Å². The van der Waals surface area contributed by atoms with Crippen molar-refractivity contribution in [3.8, 4) is 0 Å². The number of hydrogen-bond acceptors (Lipinski definition) is 3. The van der Waals surface area contributed by atoms with Crippen LogP contribution in [-0.2, 0) is 0 Å². The lowest BCUT2D eigenvalue weighted by molar-refractivity contribution is 0.253. The molecule has 106 valence electrons. The third-order valence-electron chi connectivity index (χ3n) is 4.91. The molecule has 2 aliphatic rings. The zero-order valence-corrected chi connectivity index (χ0v) is 12.2. The molecule has 3 rings (SSSR count). The van der Waals surface area contributed by atoms with Gasteiger partial charge in [-0.15, -0.1) is 0 Å². The van der Waals surface area contributed by atoms with Gasteiger partial charge in [0, 0.05) is 17.5 Å². The van der Waals surface area contributed by atoms with Crippen LogP contribution >= 0.6 is 0 Å². The predicted molar refractivity (Wildman–Crippen MR) is 77.5 cm³/mol. The Morgan fingerprint density at radius 1 is 0.947 bits per heavy atom. The summed E-state index contributed by atoms with van der Waals surface area (Å²) in [7, 11) is 4.43. The normalized spacial score (nSPS) is 24.9. The number of nitrogens with one attached hydrogen (secondary N) is 1. The molecule has 4 heteroatoms. The Morgan fingerprint density at radius 2 is 1.47 bits per heavy atom. The van der Waals surface area contributed by atoms with E-state index >= 15 is 0 Å². The maximum absolute atomic E-state index is 4.60. The predicted octanol–water partition coefficient (Wildman–Crippen LogP) is 2.03. The van der Waals surface area contributed by atoms with Gasteiger partial charge in [0.2, 0.25) is 0 Å². The third kappa shape index (κ3) is 3.00. The van der Waals surface area contributed by atoms with Gasteiger partial charge >= 0.3 is 0 Å². The van der Waals surface area contributed by atoms with Crippen LogP contribution in [0.4, 0.5) is 0 Å². The molecule has 0 atom stereocenters. The summed E-state index contributed by atoms with van der Waals surface area (Å²) < 4.78 is 0. The molecule has 0 aliphatic carbocycles. The summed E-state index contributed by atoms with van der Waals surface area (Å²) in [6, 6.07) is 2.35. The minimum Gasteiger partial charge on any atom is -0.306 e. The standard InChI is InChI=1S/C15H26N4/c1-18-7-3-12(4-8-18)14-11-15(17-16-14)13-5-9-19(2)10-6-13/h11-13H,3-10H2,1-2H3,(H,16,17). The first-order valence-corrected chi connectivity index (χ1v) is 7.64. The van der Waals surface area contributed by atoms with Crippen LogP contribution in [-0.4, -0.2) is 60.3 Å². The van der Waals surface area contributed by atoms with Gasteiger partial charge in [-0.1, -0.05) is 0 Å². The SMILES string of the molecule is CN1CCC(c2cc(C3CCN(C)CC3)[nH]n2)CC1. The maximum Gasteiger partial charge on any atom is 0.0656 e. The molecule has 2 aliphatic heterocycles. The highest BCUT2D eigenvalue weighted by molar-refractivity contribution is 5.18. The number of aromatic amines is 1. The molecule has 0 unspecified atom stereocenters. The molecule has 4 nitrogen and oxygen atoms in total. The number of likely N-dealkylation sites (tertiary alicyclic amines) is 2. The summed E-state index contributed by atoms with van der Waals surface area (Å²) in [6.07, 6.45) is 5.06. The highest BCUT2D eigenvalue weighted by Crippen LogP contribution is 2.31. The van der Waals surface area contributed by atoms with Crippen molar-refractivity contribution in [1.82, 2.24) is 20.0 Å². The minimum atomic E-state index is 0.674. The Kier molecular flexibility index (Phi) is 3.89. The van der Waals surface area contributed by atoms with Gasteiger partial charge in [-0.3, -0.25) is 5.10 Å². The molecule has 0 amide bonds. The molecule has 3 heterocycles. The Bertz CT molecular complexity index is 362. The second-order valence-corrected chi connectivity index (χ2v) is 6.40. The van der Waals surface area contributed by atoms with Crippen molar-refractivity contribution in [2.24, 2.45) is 0 Å². The van der Waals surface area contributed by atoms with Crippen LogP contribution in [0.5, 0.6) is 0 Å².